The van der Waals surface area contributed by atoms with Crippen molar-refractivity contribution >= 4 is 5.97 Å². The zero-order chi connectivity index (χ0) is 25.8. The first-order chi connectivity index (χ1) is 17.3. The molecule has 1 atom stereocenters. The monoisotopic (exact) mass is 498 g/mol. The third kappa shape index (κ3) is 5.57. The maximum atomic E-state index is 15.0. The number of benzene rings is 3. The van der Waals surface area contributed by atoms with Gasteiger partial charge in [-0.3, -0.25) is 0 Å². The molecule has 1 N–H and O–H groups in total. The summed E-state index contributed by atoms with van der Waals surface area (Å²) in [6, 6.07) is 13.0. The molecule has 0 aromatic heterocycles. The van der Waals surface area contributed by atoms with Gasteiger partial charge in [-0.25, -0.2) is 18.0 Å². The minimum atomic E-state index is -0.917. The highest BCUT2D eigenvalue weighted by Crippen LogP contribution is 2.40. The summed E-state index contributed by atoms with van der Waals surface area (Å²) >= 11 is 0. The summed E-state index contributed by atoms with van der Waals surface area (Å²) in [5, 5.41) is 9.78. The summed E-state index contributed by atoms with van der Waals surface area (Å²) in [7, 11) is 0. The van der Waals surface area contributed by atoms with Gasteiger partial charge in [-0.1, -0.05) is 24.3 Å². The Morgan fingerprint density at radius 2 is 1.67 bits per heavy atom. The fraction of sp³-hybridized carbons (Fsp3) is 0.345. The summed E-state index contributed by atoms with van der Waals surface area (Å²) < 4.78 is 54.5. The van der Waals surface area contributed by atoms with Gasteiger partial charge in [0.1, 0.15) is 5.75 Å². The van der Waals surface area contributed by atoms with Gasteiger partial charge in [0.05, 0.1) is 18.3 Å². The number of rotatable bonds is 7. The SMILES string of the molecule is CCOc1ccc(C(=O)Oc2ccc(-c3ccc(C4CCC(C(C)O)CC4)c(F)c3F)cc2)cc1F. The van der Waals surface area contributed by atoms with Crippen molar-refractivity contribution in [2.24, 2.45) is 5.92 Å². The van der Waals surface area contributed by atoms with Gasteiger partial charge in [0.2, 0.25) is 0 Å². The Morgan fingerprint density at radius 3 is 2.28 bits per heavy atom. The number of esters is 1. The summed E-state index contributed by atoms with van der Waals surface area (Å²) in [5.74, 6) is -2.82. The Kier molecular flexibility index (Phi) is 7.99. The molecule has 1 unspecified atom stereocenters. The number of ether oxygens (including phenoxy) is 2. The molecule has 4 rings (SSSR count). The fourth-order valence-corrected chi connectivity index (χ4v) is 4.78. The number of hydrogen-bond acceptors (Lipinski definition) is 4. The van der Waals surface area contributed by atoms with Crippen LogP contribution in [0.4, 0.5) is 13.2 Å². The van der Waals surface area contributed by atoms with Crippen molar-refractivity contribution in [2.45, 2.75) is 51.6 Å². The number of aliphatic hydroxyl groups excluding tert-OH is 1. The Hall–Kier alpha value is -3.32. The lowest BCUT2D eigenvalue weighted by Gasteiger charge is -2.30. The highest BCUT2D eigenvalue weighted by molar-refractivity contribution is 5.91. The first-order valence-corrected chi connectivity index (χ1v) is 12.2. The number of aliphatic hydroxyl groups is 1. The molecule has 0 radical (unpaired) electrons. The van der Waals surface area contributed by atoms with Crippen LogP contribution in [0.25, 0.3) is 11.1 Å². The van der Waals surface area contributed by atoms with E-state index in [0.29, 0.717) is 30.6 Å². The van der Waals surface area contributed by atoms with Gasteiger partial charge in [-0.05, 0) is 92.8 Å². The van der Waals surface area contributed by atoms with E-state index in [0.717, 1.165) is 18.9 Å². The molecule has 0 saturated heterocycles. The lowest BCUT2D eigenvalue weighted by Crippen LogP contribution is -2.23. The van der Waals surface area contributed by atoms with E-state index in [-0.39, 0.29) is 40.6 Å². The third-order valence-electron chi connectivity index (χ3n) is 6.85. The quantitative estimate of drug-likeness (QED) is 0.280. The van der Waals surface area contributed by atoms with E-state index >= 15 is 8.78 Å². The zero-order valence-electron chi connectivity index (χ0n) is 20.3. The molecule has 0 aliphatic heterocycles. The highest BCUT2D eigenvalue weighted by atomic mass is 19.2. The smallest absolute Gasteiger partial charge is 0.343 e. The molecule has 3 aromatic rings. The molecule has 36 heavy (non-hydrogen) atoms. The van der Waals surface area contributed by atoms with Gasteiger partial charge in [0.25, 0.3) is 0 Å². The summed E-state index contributed by atoms with van der Waals surface area (Å²) in [6.07, 6.45) is 2.61. The maximum Gasteiger partial charge on any atom is 0.343 e. The minimum absolute atomic E-state index is 0.0196. The van der Waals surface area contributed by atoms with Crippen LogP contribution >= 0.6 is 0 Å². The van der Waals surface area contributed by atoms with Crippen LogP contribution in [-0.2, 0) is 0 Å². The lowest BCUT2D eigenvalue weighted by atomic mass is 9.76. The summed E-state index contributed by atoms with van der Waals surface area (Å²) in [5.41, 5.74) is 0.933. The highest BCUT2D eigenvalue weighted by Gasteiger charge is 2.28. The van der Waals surface area contributed by atoms with E-state index in [1.165, 1.54) is 36.4 Å². The van der Waals surface area contributed by atoms with Crippen LogP contribution in [0.15, 0.2) is 54.6 Å². The number of carbonyl (C=O) groups excluding carboxylic acids is 1. The molecule has 4 nitrogen and oxygen atoms in total. The molecule has 1 aliphatic carbocycles. The average Bonchev–Trinajstić information content (AvgIpc) is 2.87. The van der Waals surface area contributed by atoms with Crippen LogP contribution in [0.5, 0.6) is 11.5 Å². The molecule has 0 amide bonds. The number of hydrogen-bond donors (Lipinski definition) is 1. The fourth-order valence-electron chi connectivity index (χ4n) is 4.78. The van der Waals surface area contributed by atoms with Gasteiger partial charge < -0.3 is 14.6 Å². The van der Waals surface area contributed by atoms with Crippen molar-refractivity contribution < 1.29 is 32.5 Å². The van der Waals surface area contributed by atoms with Crippen LogP contribution < -0.4 is 9.47 Å². The van der Waals surface area contributed by atoms with E-state index in [1.54, 1.807) is 26.0 Å². The van der Waals surface area contributed by atoms with Crippen molar-refractivity contribution in [2.75, 3.05) is 6.61 Å². The predicted molar refractivity (Wildman–Crippen MR) is 131 cm³/mol. The second kappa shape index (κ2) is 11.2. The maximum absolute atomic E-state index is 15.0. The van der Waals surface area contributed by atoms with Gasteiger partial charge >= 0.3 is 5.97 Å². The summed E-state index contributed by atoms with van der Waals surface area (Å²) in [4.78, 5) is 12.4. The first-order valence-electron chi connectivity index (χ1n) is 12.2. The Balaban J connectivity index is 1.45. The first kappa shape index (κ1) is 25.8. The summed E-state index contributed by atoms with van der Waals surface area (Å²) in [6.45, 7) is 3.79. The average molecular weight is 499 g/mol. The van der Waals surface area contributed by atoms with Crippen molar-refractivity contribution in [3.05, 3.63) is 83.2 Å². The molecular weight excluding hydrogens is 469 g/mol. The van der Waals surface area contributed by atoms with Gasteiger partial charge in [0.15, 0.2) is 23.2 Å². The largest absolute Gasteiger partial charge is 0.491 e. The number of halogens is 3. The van der Waals surface area contributed by atoms with E-state index in [9.17, 15) is 14.3 Å². The molecular formula is C29H29F3O4. The Bertz CT molecular complexity index is 1220. The van der Waals surface area contributed by atoms with Crippen molar-refractivity contribution in [3.63, 3.8) is 0 Å². The molecule has 0 spiro atoms. The van der Waals surface area contributed by atoms with Crippen LogP contribution in [0.2, 0.25) is 0 Å². The second-order valence-electron chi connectivity index (χ2n) is 9.17. The Morgan fingerprint density at radius 1 is 0.972 bits per heavy atom. The minimum Gasteiger partial charge on any atom is -0.491 e. The molecule has 3 aromatic carbocycles. The van der Waals surface area contributed by atoms with Crippen molar-refractivity contribution in [1.82, 2.24) is 0 Å². The lowest BCUT2D eigenvalue weighted by molar-refractivity contribution is 0.0734. The standard InChI is InChI=1S/C29H29F3O4/c1-3-35-26-15-10-21(16-25(26)30)29(34)36-22-11-8-20(9-12-22)24-14-13-23(27(31)28(24)32)19-6-4-18(5-7-19)17(2)33/h8-19,33H,3-7H2,1-2H3. The molecule has 1 aliphatic rings. The van der Waals surface area contributed by atoms with Crippen molar-refractivity contribution in [1.29, 1.82) is 0 Å². The van der Waals surface area contributed by atoms with E-state index in [4.69, 9.17) is 9.47 Å². The van der Waals surface area contributed by atoms with E-state index in [1.807, 2.05) is 0 Å². The van der Waals surface area contributed by atoms with Crippen LogP contribution in [0.3, 0.4) is 0 Å². The second-order valence-corrected chi connectivity index (χ2v) is 9.17. The molecule has 190 valence electrons. The molecule has 1 saturated carbocycles. The molecule has 7 heteroatoms. The molecule has 0 heterocycles. The van der Waals surface area contributed by atoms with Gasteiger partial charge in [-0.15, -0.1) is 0 Å². The Labute approximate surface area is 208 Å². The van der Waals surface area contributed by atoms with Gasteiger partial charge in [-0.2, -0.15) is 0 Å². The zero-order valence-corrected chi connectivity index (χ0v) is 20.3. The van der Waals surface area contributed by atoms with Crippen LogP contribution in [0.1, 0.15) is 61.4 Å². The third-order valence-corrected chi connectivity index (χ3v) is 6.85. The molecule has 0 bridgehead atoms. The van der Waals surface area contributed by atoms with Gasteiger partial charge in [0, 0.05) is 5.56 Å². The van der Waals surface area contributed by atoms with E-state index in [2.05, 4.69) is 0 Å². The number of carbonyl (C=O) groups is 1. The van der Waals surface area contributed by atoms with Crippen molar-refractivity contribution in [3.8, 4) is 22.6 Å². The van der Waals surface area contributed by atoms with Crippen LogP contribution in [0, 0.1) is 23.4 Å². The normalized spacial score (nSPS) is 18.5. The molecule has 1 fully saturated rings. The van der Waals surface area contributed by atoms with Crippen LogP contribution in [-0.4, -0.2) is 23.8 Å². The topological polar surface area (TPSA) is 55.8 Å². The van der Waals surface area contributed by atoms with E-state index < -0.39 is 23.4 Å². The predicted octanol–water partition coefficient (Wildman–Crippen LogP) is 7.04.